The molecule has 2 atom stereocenters. The molecule has 0 amide bonds. The van der Waals surface area contributed by atoms with Crippen LogP contribution in [0.15, 0.2) is 0 Å². The second kappa shape index (κ2) is 5.12. The maximum Gasteiger partial charge on any atom is 0.114 e. The van der Waals surface area contributed by atoms with E-state index in [1.165, 1.54) is 19.3 Å². The minimum Gasteiger partial charge on any atom is -0.0914 e. The summed E-state index contributed by atoms with van der Waals surface area (Å²) in [5.74, 6) is 0. The van der Waals surface area contributed by atoms with Crippen LogP contribution in [0.2, 0.25) is 24.3 Å². The van der Waals surface area contributed by atoms with Gasteiger partial charge < -0.3 is 0 Å². The summed E-state index contributed by atoms with van der Waals surface area (Å²) in [6, 6.07) is 0. The molecule has 0 aromatic carbocycles. The van der Waals surface area contributed by atoms with Crippen LogP contribution >= 0.6 is 0 Å². The van der Waals surface area contributed by atoms with Crippen molar-refractivity contribution in [1.29, 1.82) is 0 Å². The number of hydrogen-bond donors (Lipinski definition) is 0. The van der Waals surface area contributed by atoms with Crippen molar-refractivity contribution in [2.24, 2.45) is 0 Å². The highest BCUT2D eigenvalue weighted by Gasteiger charge is 2.30. The smallest absolute Gasteiger partial charge is 0.0914 e. The van der Waals surface area contributed by atoms with Crippen molar-refractivity contribution in [3.8, 4) is 0 Å². The highest BCUT2D eigenvalue weighted by Crippen LogP contribution is 2.47. The van der Waals surface area contributed by atoms with Gasteiger partial charge >= 0.3 is 0 Å². The summed E-state index contributed by atoms with van der Waals surface area (Å²) in [6.45, 7) is 13.7. The van der Waals surface area contributed by atoms with Gasteiger partial charge in [0.25, 0.3) is 0 Å². The molecule has 0 aliphatic rings. The average molecular weight is 178 g/mol. The van der Waals surface area contributed by atoms with E-state index in [2.05, 4.69) is 55.9 Å². The van der Waals surface area contributed by atoms with Gasteiger partial charge in [0.05, 0.1) is 0 Å². The van der Waals surface area contributed by atoms with Crippen LogP contribution in [0.25, 0.3) is 0 Å². The molecule has 0 aliphatic heterocycles. The quantitative estimate of drug-likeness (QED) is 0.538. The van der Waals surface area contributed by atoms with Crippen molar-refractivity contribution in [1.82, 2.24) is 0 Å². The third kappa shape index (κ3) is 3.79. The highest BCUT2D eigenvalue weighted by molar-refractivity contribution is 6.40. The first kappa shape index (κ1) is 13.1. The molecular formula is C11H24B2. The Morgan fingerprint density at radius 3 is 1.31 bits per heavy atom. The van der Waals surface area contributed by atoms with E-state index in [9.17, 15) is 0 Å². The molecule has 0 aromatic heterocycles. The summed E-state index contributed by atoms with van der Waals surface area (Å²) in [4.78, 5) is 0. The van der Waals surface area contributed by atoms with Crippen LogP contribution in [-0.2, 0) is 0 Å². The van der Waals surface area contributed by atoms with Gasteiger partial charge in [-0.3, -0.25) is 0 Å². The Morgan fingerprint density at radius 1 is 0.846 bits per heavy atom. The van der Waals surface area contributed by atoms with Gasteiger partial charge in [-0.05, 0) is 0 Å². The van der Waals surface area contributed by atoms with Crippen molar-refractivity contribution in [2.75, 3.05) is 0 Å². The van der Waals surface area contributed by atoms with E-state index < -0.39 is 0 Å². The lowest BCUT2D eigenvalue weighted by Gasteiger charge is -2.37. The van der Waals surface area contributed by atoms with E-state index in [1.807, 2.05) is 0 Å². The molecule has 0 fully saturated rings. The van der Waals surface area contributed by atoms with Crippen molar-refractivity contribution < 1.29 is 0 Å². The van der Waals surface area contributed by atoms with Crippen LogP contribution in [0, 0.1) is 0 Å². The Balaban J connectivity index is 4.36. The zero-order valence-corrected chi connectivity index (χ0v) is 10.3. The molecular weight excluding hydrogens is 154 g/mol. The van der Waals surface area contributed by atoms with Crippen LogP contribution < -0.4 is 0 Å². The maximum atomic E-state index is 2.37. The van der Waals surface area contributed by atoms with Gasteiger partial charge in [0.15, 0.2) is 0 Å². The van der Waals surface area contributed by atoms with Crippen molar-refractivity contribution >= 4 is 14.6 Å². The zero-order valence-electron chi connectivity index (χ0n) is 10.3. The molecule has 2 heteroatoms. The first-order valence-corrected chi connectivity index (χ1v) is 5.56. The molecule has 0 nitrogen and oxygen atoms in total. The average Bonchev–Trinajstić information content (AvgIpc) is 2.17. The van der Waals surface area contributed by atoms with Gasteiger partial charge in [0, 0.05) is 0 Å². The van der Waals surface area contributed by atoms with E-state index in [0.29, 0.717) is 10.6 Å². The molecule has 13 heavy (non-hydrogen) atoms. The summed E-state index contributed by atoms with van der Waals surface area (Å²) in [5.41, 5.74) is 0. The molecule has 0 aliphatic carbocycles. The summed E-state index contributed by atoms with van der Waals surface area (Å²) in [5, 5.41) is 0.828. The largest absolute Gasteiger partial charge is 0.114 e. The molecule has 2 radical (unpaired) electrons. The van der Waals surface area contributed by atoms with Crippen LogP contribution in [0.3, 0.4) is 0 Å². The minimum atomic E-state index is 0.414. The molecule has 0 saturated heterocycles. The Bertz CT molecular complexity index is 119. The SMILES string of the molecule is C[B]C(C)(CC)C[C@](C)([B]C)CC. The molecule has 0 bridgehead atoms. The van der Waals surface area contributed by atoms with E-state index in [4.69, 9.17) is 0 Å². The second-order valence-corrected chi connectivity index (χ2v) is 4.77. The van der Waals surface area contributed by atoms with Crippen LogP contribution in [0.1, 0.15) is 47.0 Å². The van der Waals surface area contributed by atoms with Gasteiger partial charge in [-0.15, -0.1) is 0 Å². The molecule has 0 N–H and O–H groups in total. The van der Waals surface area contributed by atoms with Crippen molar-refractivity contribution in [3.63, 3.8) is 0 Å². The second-order valence-electron chi connectivity index (χ2n) is 4.77. The van der Waals surface area contributed by atoms with E-state index >= 15 is 0 Å². The highest BCUT2D eigenvalue weighted by atomic mass is 14.3. The molecule has 0 rings (SSSR count). The molecule has 0 heterocycles. The molecule has 0 saturated carbocycles. The van der Waals surface area contributed by atoms with Crippen LogP contribution in [0.4, 0.5) is 0 Å². The van der Waals surface area contributed by atoms with Gasteiger partial charge in [0.2, 0.25) is 0 Å². The van der Waals surface area contributed by atoms with E-state index in [1.54, 1.807) is 0 Å². The topological polar surface area (TPSA) is 0 Å². The monoisotopic (exact) mass is 178 g/mol. The normalized spacial score (nSPS) is 20.2. The lowest BCUT2D eigenvalue weighted by molar-refractivity contribution is 0.423. The molecule has 0 aromatic rings. The Morgan fingerprint density at radius 2 is 1.15 bits per heavy atom. The van der Waals surface area contributed by atoms with E-state index in [-0.39, 0.29) is 0 Å². The predicted octanol–water partition coefficient (Wildman–Crippen LogP) is 4.06. The van der Waals surface area contributed by atoms with Gasteiger partial charge in [-0.25, -0.2) is 0 Å². The molecule has 74 valence electrons. The summed E-state index contributed by atoms with van der Waals surface area (Å²) < 4.78 is 0. The minimum absolute atomic E-state index is 0.414. The predicted molar refractivity (Wildman–Crippen MR) is 65.2 cm³/mol. The van der Waals surface area contributed by atoms with Gasteiger partial charge in [-0.1, -0.05) is 71.2 Å². The van der Waals surface area contributed by atoms with Crippen molar-refractivity contribution in [2.45, 2.75) is 71.2 Å². The Hall–Kier alpha value is 0.130. The maximum absolute atomic E-state index is 2.37. The van der Waals surface area contributed by atoms with Gasteiger partial charge in [-0.2, -0.15) is 0 Å². The summed E-state index contributed by atoms with van der Waals surface area (Å²) in [7, 11) is 4.73. The first-order chi connectivity index (χ1) is 5.95. The first-order valence-electron chi connectivity index (χ1n) is 5.56. The third-order valence-corrected chi connectivity index (χ3v) is 3.82. The Labute approximate surface area is 86.4 Å². The summed E-state index contributed by atoms with van der Waals surface area (Å²) >= 11 is 0. The lowest BCUT2D eigenvalue weighted by atomic mass is 9.42. The summed E-state index contributed by atoms with van der Waals surface area (Å²) in [6.07, 6.45) is 3.76. The molecule has 0 spiro atoms. The van der Waals surface area contributed by atoms with Crippen LogP contribution in [-0.4, -0.2) is 14.6 Å². The zero-order chi connectivity index (χ0) is 10.5. The molecule has 1 unspecified atom stereocenters. The van der Waals surface area contributed by atoms with Crippen LogP contribution in [0.5, 0.6) is 0 Å². The lowest BCUT2D eigenvalue weighted by Crippen LogP contribution is -2.24. The number of rotatable bonds is 6. The Kier molecular flexibility index (Phi) is 5.17. The fourth-order valence-electron chi connectivity index (χ4n) is 1.78. The fourth-order valence-corrected chi connectivity index (χ4v) is 1.78. The third-order valence-electron chi connectivity index (χ3n) is 3.82. The van der Waals surface area contributed by atoms with Crippen molar-refractivity contribution in [3.05, 3.63) is 0 Å². The number of hydrogen-bond acceptors (Lipinski definition) is 0. The standard InChI is InChI=1S/C11H24B2/c1-7-10(3,12-5)9-11(4,8-2)13-6/h7-9H2,1-6H3/t10-,11?/m1/s1. The van der Waals surface area contributed by atoms with E-state index in [0.717, 1.165) is 0 Å². The van der Waals surface area contributed by atoms with Gasteiger partial charge in [0.1, 0.15) is 14.6 Å². The fraction of sp³-hybridized carbons (Fsp3) is 1.00.